The summed E-state index contributed by atoms with van der Waals surface area (Å²) in [5.74, 6) is -2.28. The minimum absolute atomic E-state index is 0.162. The second-order valence-electron chi connectivity index (χ2n) is 9.41. The molecule has 5 rings (SSSR count). The summed E-state index contributed by atoms with van der Waals surface area (Å²) in [6, 6.07) is 8.38. The zero-order valence-electron chi connectivity index (χ0n) is 18.7. The van der Waals surface area contributed by atoms with E-state index in [9.17, 15) is 19.5 Å². The van der Waals surface area contributed by atoms with E-state index in [1.165, 1.54) is 16.7 Å². The number of amides is 2. The van der Waals surface area contributed by atoms with E-state index in [1.54, 1.807) is 11.8 Å². The molecule has 8 heteroatoms. The van der Waals surface area contributed by atoms with Crippen LogP contribution in [0.2, 0.25) is 0 Å². The Balaban J connectivity index is 1.61. The number of ether oxygens (including phenoxy) is 1. The van der Waals surface area contributed by atoms with Crippen molar-refractivity contribution in [3.05, 3.63) is 60.2 Å². The molecule has 4 aliphatic rings. The third kappa shape index (κ3) is 3.26. The molecule has 1 spiro atoms. The van der Waals surface area contributed by atoms with Crippen LogP contribution in [-0.2, 0) is 25.7 Å². The maximum Gasteiger partial charge on any atom is 0.311 e. The Bertz CT molecular complexity index is 1040. The van der Waals surface area contributed by atoms with Crippen LogP contribution in [0.4, 0.5) is 0 Å². The molecule has 0 aliphatic carbocycles. The van der Waals surface area contributed by atoms with E-state index >= 15 is 0 Å². The first-order valence-corrected chi connectivity index (χ1v) is 12.1. The molecule has 1 aromatic carbocycles. The zero-order valence-corrected chi connectivity index (χ0v) is 19.5. The quantitative estimate of drug-likeness (QED) is 0.535. The molecule has 2 amide bonds. The van der Waals surface area contributed by atoms with Crippen LogP contribution in [0.15, 0.2) is 54.6 Å². The van der Waals surface area contributed by atoms with Crippen molar-refractivity contribution in [2.75, 3.05) is 19.8 Å². The number of fused-ring (bicyclic) bond motifs is 2. The lowest BCUT2D eigenvalue weighted by Gasteiger charge is -2.38. The molecule has 1 unspecified atom stereocenters. The lowest BCUT2D eigenvalue weighted by atomic mass is 9.75. The Labute approximate surface area is 197 Å². The number of carbonyl (C=O) groups is 3. The topological polar surface area (TPSA) is 87.2 Å². The van der Waals surface area contributed by atoms with Crippen LogP contribution in [0.3, 0.4) is 0 Å². The largest absolute Gasteiger partial charge is 0.461 e. The highest BCUT2D eigenvalue weighted by atomic mass is 32.2. The van der Waals surface area contributed by atoms with E-state index in [0.717, 1.165) is 5.56 Å². The molecule has 0 saturated carbocycles. The average molecular weight is 469 g/mol. The highest BCUT2D eigenvalue weighted by molar-refractivity contribution is 8.02. The summed E-state index contributed by atoms with van der Waals surface area (Å²) in [6.45, 7) is 4.44. The van der Waals surface area contributed by atoms with E-state index in [4.69, 9.17) is 4.74 Å². The van der Waals surface area contributed by atoms with Gasteiger partial charge in [-0.2, -0.15) is 0 Å². The molecule has 0 bridgehead atoms. The molecule has 7 nitrogen and oxygen atoms in total. The molecule has 0 radical (unpaired) electrons. The molecule has 174 valence electrons. The van der Waals surface area contributed by atoms with Crippen LogP contribution in [0.25, 0.3) is 0 Å². The predicted molar refractivity (Wildman–Crippen MR) is 124 cm³/mol. The SMILES string of the molecule is C[C@H](CO)N1C(=O)[C@@H]2[C@@H]3C(=O)OCC=C[C@]3(C)S[C@@]23C=CCN(Cc2ccccc2)C(=O)C13. The summed E-state index contributed by atoms with van der Waals surface area (Å²) in [4.78, 5) is 44.3. The number of benzene rings is 1. The second-order valence-corrected chi connectivity index (χ2v) is 11.2. The highest BCUT2D eigenvalue weighted by Gasteiger charge is 2.74. The molecule has 2 saturated heterocycles. The summed E-state index contributed by atoms with van der Waals surface area (Å²) in [6.07, 6.45) is 7.69. The molecule has 2 fully saturated rings. The van der Waals surface area contributed by atoms with Crippen molar-refractivity contribution in [1.82, 2.24) is 9.80 Å². The van der Waals surface area contributed by atoms with Crippen molar-refractivity contribution in [3.63, 3.8) is 0 Å². The van der Waals surface area contributed by atoms with Crippen molar-refractivity contribution < 1.29 is 24.2 Å². The van der Waals surface area contributed by atoms with Crippen LogP contribution < -0.4 is 0 Å². The molecular formula is C25H28N2O5S. The second kappa shape index (κ2) is 8.02. The third-order valence-electron chi connectivity index (χ3n) is 7.29. The number of carbonyl (C=O) groups excluding carboxylic acids is 3. The number of cyclic esters (lactones) is 1. The number of nitrogens with zero attached hydrogens (tertiary/aromatic N) is 2. The van der Waals surface area contributed by atoms with Gasteiger partial charge in [0.05, 0.1) is 29.2 Å². The average Bonchev–Trinajstić information content (AvgIpc) is 3.08. The number of aliphatic hydroxyl groups is 1. The maximum atomic E-state index is 14.1. The van der Waals surface area contributed by atoms with Crippen LogP contribution in [0.5, 0.6) is 0 Å². The summed E-state index contributed by atoms with van der Waals surface area (Å²) in [7, 11) is 0. The van der Waals surface area contributed by atoms with Gasteiger partial charge >= 0.3 is 5.97 Å². The Hall–Kier alpha value is -2.58. The van der Waals surface area contributed by atoms with E-state index in [1.807, 2.05) is 61.6 Å². The first-order chi connectivity index (χ1) is 15.8. The molecule has 4 aliphatic heterocycles. The van der Waals surface area contributed by atoms with Gasteiger partial charge in [0.2, 0.25) is 11.8 Å². The van der Waals surface area contributed by atoms with E-state index in [-0.39, 0.29) is 25.0 Å². The normalized spacial score (nSPS) is 36.1. The standard InChI is InChI=1S/C25H28N2O5S/c1-16(15-28)27-20-22(30)26(14-17-8-4-3-5-9-17)12-6-11-25(20)18(21(27)29)19-23(31)32-13-7-10-24(19,2)33-25/h3-11,16,18-20,28H,12-15H2,1-2H3/t16-,18+,19-,20?,24+,25+/m1/s1. The first kappa shape index (κ1) is 22.2. The maximum absolute atomic E-state index is 14.1. The molecule has 1 N–H and O–H groups in total. The molecule has 6 atom stereocenters. The summed E-state index contributed by atoms with van der Waals surface area (Å²) >= 11 is 1.51. The van der Waals surface area contributed by atoms with Crippen LogP contribution in [-0.4, -0.2) is 74.0 Å². The number of hydrogen-bond acceptors (Lipinski definition) is 6. The summed E-state index contributed by atoms with van der Waals surface area (Å²) < 4.78 is 3.84. The fourth-order valence-electron chi connectivity index (χ4n) is 5.85. The summed E-state index contributed by atoms with van der Waals surface area (Å²) in [5, 5.41) is 9.96. The monoisotopic (exact) mass is 468 g/mol. The van der Waals surface area contributed by atoms with Gasteiger partial charge < -0.3 is 19.6 Å². The molecule has 33 heavy (non-hydrogen) atoms. The molecule has 0 aromatic heterocycles. The number of hydrogen-bond donors (Lipinski definition) is 1. The highest BCUT2D eigenvalue weighted by Crippen LogP contribution is 2.65. The smallest absolute Gasteiger partial charge is 0.311 e. The van der Waals surface area contributed by atoms with Crippen molar-refractivity contribution >= 4 is 29.5 Å². The Morgan fingerprint density at radius 1 is 1.12 bits per heavy atom. The molecule has 1 aromatic rings. The van der Waals surface area contributed by atoms with Gasteiger partial charge in [-0.05, 0) is 25.5 Å². The lowest BCUT2D eigenvalue weighted by Crippen LogP contribution is -2.56. The van der Waals surface area contributed by atoms with Gasteiger partial charge in [0.15, 0.2) is 0 Å². The fraction of sp³-hybridized carbons (Fsp3) is 0.480. The van der Waals surface area contributed by atoms with E-state index < -0.39 is 39.4 Å². The lowest BCUT2D eigenvalue weighted by molar-refractivity contribution is -0.153. The van der Waals surface area contributed by atoms with Crippen molar-refractivity contribution in [3.8, 4) is 0 Å². The minimum atomic E-state index is -0.914. The Kier molecular flexibility index (Phi) is 5.40. The third-order valence-corrected chi connectivity index (χ3v) is 9.09. The number of esters is 1. The first-order valence-electron chi connectivity index (χ1n) is 11.3. The Morgan fingerprint density at radius 2 is 1.88 bits per heavy atom. The van der Waals surface area contributed by atoms with Crippen molar-refractivity contribution in [1.29, 1.82) is 0 Å². The van der Waals surface area contributed by atoms with Crippen LogP contribution in [0, 0.1) is 11.8 Å². The van der Waals surface area contributed by atoms with Crippen molar-refractivity contribution in [2.45, 2.75) is 42.0 Å². The van der Waals surface area contributed by atoms with E-state index in [2.05, 4.69) is 0 Å². The summed E-state index contributed by atoms with van der Waals surface area (Å²) in [5.41, 5.74) is 1.00. The number of aliphatic hydroxyl groups excluding tert-OH is 1. The van der Waals surface area contributed by atoms with Gasteiger partial charge in [-0.15, -0.1) is 11.8 Å². The van der Waals surface area contributed by atoms with Crippen LogP contribution >= 0.6 is 11.8 Å². The van der Waals surface area contributed by atoms with Gasteiger partial charge in [0.1, 0.15) is 12.6 Å². The number of rotatable bonds is 4. The van der Waals surface area contributed by atoms with Gasteiger partial charge in [0.25, 0.3) is 0 Å². The Morgan fingerprint density at radius 3 is 2.61 bits per heavy atom. The number of likely N-dealkylation sites (tertiary alicyclic amines) is 1. The van der Waals surface area contributed by atoms with Gasteiger partial charge in [-0.1, -0.05) is 48.6 Å². The van der Waals surface area contributed by atoms with Gasteiger partial charge in [-0.25, -0.2) is 0 Å². The molecule has 4 heterocycles. The zero-order chi connectivity index (χ0) is 23.4. The van der Waals surface area contributed by atoms with Gasteiger partial charge in [0, 0.05) is 17.8 Å². The predicted octanol–water partition coefficient (Wildman–Crippen LogP) is 1.77. The van der Waals surface area contributed by atoms with Crippen LogP contribution in [0.1, 0.15) is 19.4 Å². The van der Waals surface area contributed by atoms with E-state index in [0.29, 0.717) is 13.1 Å². The molecular weight excluding hydrogens is 440 g/mol. The number of thioether (sulfide) groups is 1. The van der Waals surface area contributed by atoms with Crippen molar-refractivity contribution in [2.24, 2.45) is 11.8 Å². The van der Waals surface area contributed by atoms with Gasteiger partial charge in [-0.3, -0.25) is 14.4 Å². The minimum Gasteiger partial charge on any atom is -0.461 e. The fourth-order valence-corrected chi connectivity index (χ4v) is 7.99.